The highest BCUT2D eigenvalue weighted by molar-refractivity contribution is 5.32. The van der Waals surface area contributed by atoms with E-state index >= 15 is 0 Å². The quantitative estimate of drug-likeness (QED) is 0.351. The predicted octanol–water partition coefficient (Wildman–Crippen LogP) is 8.97. The highest BCUT2D eigenvalue weighted by Gasteiger charge is 2.67. The molecule has 0 saturated heterocycles. The van der Waals surface area contributed by atoms with Crippen LogP contribution in [0.2, 0.25) is 0 Å². The predicted molar refractivity (Wildman–Crippen MR) is 129 cm³/mol. The summed E-state index contributed by atoms with van der Waals surface area (Å²) < 4.78 is 0. The molecule has 3 saturated carbocycles. The van der Waals surface area contributed by atoms with E-state index in [1.165, 1.54) is 57.8 Å². The first-order chi connectivity index (χ1) is 13.8. The molecule has 168 valence electrons. The van der Waals surface area contributed by atoms with Crippen molar-refractivity contribution in [1.82, 2.24) is 0 Å². The second kappa shape index (κ2) is 6.08. The third-order valence-corrected chi connectivity index (χ3v) is 12.3. The molecule has 0 nitrogen and oxygen atoms in total. The molecule has 0 aromatic heterocycles. The molecule has 5 aliphatic carbocycles. The molecule has 0 radical (unpaired) electrons. The van der Waals surface area contributed by atoms with E-state index in [0.29, 0.717) is 32.5 Å². The van der Waals surface area contributed by atoms with Gasteiger partial charge in [-0.15, -0.1) is 0 Å². The van der Waals surface area contributed by atoms with E-state index < -0.39 is 0 Å². The number of allylic oxidation sites excluding steroid dienone is 4. The molecular weight excluding hydrogens is 360 g/mol. The first-order valence-electron chi connectivity index (χ1n) is 13.2. The first-order valence-corrected chi connectivity index (χ1v) is 13.2. The van der Waals surface area contributed by atoms with Gasteiger partial charge in [-0.2, -0.15) is 0 Å². The van der Waals surface area contributed by atoms with E-state index in [-0.39, 0.29) is 0 Å². The molecule has 0 aromatic rings. The summed E-state index contributed by atoms with van der Waals surface area (Å²) in [6.45, 7) is 20.8. The lowest BCUT2D eigenvalue weighted by Crippen LogP contribution is -2.64. The van der Waals surface area contributed by atoms with Crippen LogP contribution in [0.25, 0.3) is 0 Å². The van der Waals surface area contributed by atoms with Crippen LogP contribution in [0.3, 0.4) is 0 Å². The van der Waals surface area contributed by atoms with Crippen molar-refractivity contribution in [3.63, 3.8) is 0 Å². The standard InChI is InChI=1S/C30H48/c1-25(2)16-17-27(5)18-19-29(7)21(22(27)20-25)10-11-24-28(6)14-9-13-26(3,4)23(28)12-15-30(24,29)8/h9,13,20-21,23-24H,10-12,14-19H2,1-8H3/t21-,23?,24-,27-,28+,29-,30-/m1/s1. The minimum Gasteiger partial charge on any atom is -0.0874 e. The topological polar surface area (TPSA) is 0 Å². The summed E-state index contributed by atoms with van der Waals surface area (Å²) in [7, 11) is 0. The van der Waals surface area contributed by atoms with Gasteiger partial charge in [0.2, 0.25) is 0 Å². The highest BCUT2D eigenvalue weighted by atomic mass is 14.7. The molecule has 0 heteroatoms. The number of hydrogen-bond acceptors (Lipinski definition) is 0. The van der Waals surface area contributed by atoms with Crippen molar-refractivity contribution in [2.24, 2.45) is 50.2 Å². The van der Waals surface area contributed by atoms with Crippen molar-refractivity contribution in [3.8, 4) is 0 Å². The van der Waals surface area contributed by atoms with E-state index in [9.17, 15) is 0 Å². The maximum Gasteiger partial charge on any atom is -0.0113 e. The van der Waals surface area contributed by atoms with Gasteiger partial charge in [0.1, 0.15) is 0 Å². The lowest BCUT2D eigenvalue weighted by atomic mass is 9.33. The Bertz CT molecular complexity index is 795. The third kappa shape index (κ3) is 2.58. The minimum atomic E-state index is 0.368. The van der Waals surface area contributed by atoms with Crippen molar-refractivity contribution in [1.29, 1.82) is 0 Å². The molecule has 0 bridgehead atoms. The molecule has 7 atom stereocenters. The van der Waals surface area contributed by atoms with Crippen LogP contribution in [0.5, 0.6) is 0 Å². The van der Waals surface area contributed by atoms with Crippen LogP contribution in [0.15, 0.2) is 23.8 Å². The van der Waals surface area contributed by atoms with Gasteiger partial charge in [0.25, 0.3) is 0 Å². The summed E-state index contributed by atoms with van der Waals surface area (Å²) in [4.78, 5) is 0. The zero-order chi connectivity index (χ0) is 21.8. The summed E-state index contributed by atoms with van der Waals surface area (Å²) in [5.41, 5.74) is 4.60. The third-order valence-electron chi connectivity index (χ3n) is 12.3. The van der Waals surface area contributed by atoms with E-state index in [4.69, 9.17) is 0 Å². The molecule has 0 aliphatic heterocycles. The van der Waals surface area contributed by atoms with Gasteiger partial charge in [0, 0.05) is 0 Å². The molecule has 0 aromatic carbocycles. The maximum atomic E-state index is 2.78. The normalized spacial score (nSPS) is 53.6. The van der Waals surface area contributed by atoms with Gasteiger partial charge < -0.3 is 0 Å². The molecule has 5 aliphatic rings. The monoisotopic (exact) mass is 408 g/mol. The first kappa shape index (κ1) is 21.3. The molecule has 1 unspecified atom stereocenters. The van der Waals surface area contributed by atoms with Gasteiger partial charge >= 0.3 is 0 Å². The van der Waals surface area contributed by atoms with Crippen LogP contribution < -0.4 is 0 Å². The van der Waals surface area contributed by atoms with Gasteiger partial charge in [-0.05, 0) is 108 Å². The summed E-state index contributed by atoms with van der Waals surface area (Å²) in [5, 5.41) is 0. The van der Waals surface area contributed by atoms with Crippen molar-refractivity contribution in [2.75, 3.05) is 0 Å². The molecule has 3 fully saturated rings. The van der Waals surface area contributed by atoms with Gasteiger partial charge in [-0.25, -0.2) is 0 Å². The Kier molecular flexibility index (Phi) is 4.32. The lowest BCUT2D eigenvalue weighted by molar-refractivity contribution is -0.198. The Morgan fingerprint density at radius 2 is 1.40 bits per heavy atom. The number of hydrogen-bond donors (Lipinski definition) is 0. The summed E-state index contributed by atoms with van der Waals surface area (Å²) in [6.07, 6.45) is 20.7. The Balaban J connectivity index is 1.58. The molecule has 30 heavy (non-hydrogen) atoms. The van der Waals surface area contributed by atoms with Crippen molar-refractivity contribution in [2.45, 2.75) is 113 Å². The summed E-state index contributed by atoms with van der Waals surface area (Å²) in [6, 6.07) is 0. The highest BCUT2D eigenvalue weighted by Crippen LogP contribution is 2.75. The van der Waals surface area contributed by atoms with Crippen molar-refractivity contribution >= 4 is 0 Å². The molecule has 0 amide bonds. The Labute approximate surface area is 187 Å². The lowest BCUT2D eigenvalue weighted by Gasteiger charge is -2.71. The van der Waals surface area contributed by atoms with Crippen LogP contribution in [0.4, 0.5) is 0 Å². The van der Waals surface area contributed by atoms with E-state index in [2.05, 4.69) is 73.6 Å². The van der Waals surface area contributed by atoms with Gasteiger partial charge in [-0.3, -0.25) is 0 Å². The van der Waals surface area contributed by atoms with Crippen LogP contribution in [-0.4, -0.2) is 0 Å². The number of rotatable bonds is 0. The molecule has 5 rings (SSSR count). The fourth-order valence-electron chi connectivity index (χ4n) is 10.2. The Morgan fingerprint density at radius 3 is 2.13 bits per heavy atom. The van der Waals surface area contributed by atoms with Gasteiger partial charge in [-0.1, -0.05) is 79.2 Å². The van der Waals surface area contributed by atoms with Crippen LogP contribution in [-0.2, 0) is 0 Å². The molecular formula is C30H48. The van der Waals surface area contributed by atoms with Gasteiger partial charge in [0.05, 0.1) is 0 Å². The smallest absolute Gasteiger partial charge is 0.0113 e. The SMILES string of the molecule is CC1(C)C=C2[C@H]3CC[C@@H]4[C@@]5(C)CC=CC(C)(C)C5CC[C@@]4(C)[C@]3(C)CC[C@@]2(C)CC1. The molecule has 0 N–H and O–H groups in total. The zero-order valence-electron chi connectivity index (χ0n) is 21.3. The Hall–Kier alpha value is -0.520. The average molecular weight is 409 g/mol. The largest absolute Gasteiger partial charge is 0.0874 e. The van der Waals surface area contributed by atoms with E-state index in [1.807, 2.05) is 5.57 Å². The molecule has 0 heterocycles. The molecule has 0 spiro atoms. The number of fused-ring (bicyclic) bond motifs is 7. The average Bonchev–Trinajstić information content (AvgIpc) is 2.63. The van der Waals surface area contributed by atoms with E-state index in [0.717, 1.165) is 17.8 Å². The second-order valence-corrected chi connectivity index (χ2v) is 14.7. The van der Waals surface area contributed by atoms with E-state index in [1.54, 1.807) is 0 Å². The summed E-state index contributed by atoms with van der Waals surface area (Å²) in [5.74, 6) is 2.56. The minimum absolute atomic E-state index is 0.368. The zero-order valence-corrected chi connectivity index (χ0v) is 21.3. The fraction of sp³-hybridized carbons (Fsp3) is 0.867. The Morgan fingerprint density at radius 1 is 0.700 bits per heavy atom. The second-order valence-electron chi connectivity index (χ2n) is 14.7. The van der Waals surface area contributed by atoms with Gasteiger partial charge in [0.15, 0.2) is 0 Å². The van der Waals surface area contributed by atoms with Crippen molar-refractivity contribution < 1.29 is 0 Å². The van der Waals surface area contributed by atoms with Crippen LogP contribution in [0, 0.1) is 50.2 Å². The van der Waals surface area contributed by atoms with Crippen molar-refractivity contribution in [3.05, 3.63) is 23.8 Å². The maximum absolute atomic E-state index is 2.78. The van der Waals surface area contributed by atoms with Crippen LogP contribution >= 0.6 is 0 Å². The fourth-order valence-corrected chi connectivity index (χ4v) is 10.2. The van der Waals surface area contributed by atoms with Crippen LogP contribution in [0.1, 0.15) is 113 Å². The summed E-state index contributed by atoms with van der Waals surface area (Å²) >= 11 is 0.